The van der Waals surface area contributed by atoms with Crippen molar-refractivity contribution >= 4 is 34.6 Å². The van der Waals surface area contributed by atoms with Crippen LogP contribution in [0.2, 0.25) is 0 Å². The van der Waals surface area contributed by atoms with Gasteiger partial charge in [0.2, 0.25) is 5.91 Å². The van der Waals surface area contributed by atoms with Gasteiger partial charge in [0.25, 0.3) is 11.8 Å². The monoisotopic (exact) mass is 628 g/mol. The number of piperidine rings is 1. The van der Waals surface area contributed by atoms with E-state index in [0.717, 1.165) is 22.2 Å². The Morgan fingerprint density at radius 3 is 2.38 bits per heavy atom. The third-order valence-electron chi connectivity index (χ3n) is 7.22. The zero-order valence-electron chi connectivity index (χ0n) is 25.4. The van der Waals surface area contributed by atoms with Crippen molar-refractivity contribution in [2.75, 3.05) is 13.1 Å². The fourth-order valence-corrected chi connectivity index (χ4v) is 5.06. The Morgan fingerprint density at radius 2 is 1.71 bits per heavy atom. The molecule has 2 aromatic carbocycles. The summed E-state index contributed by atoms with van der Waals surface area (Å²) in [4.78, 5) is 60.0. The normalized spacial score (nSPS) is 17.0. The van der Waals surface area contributed by atoms with Crippen LogP contribution in [0.15, 0.2) is 54.6 Å². The summed E-state index contributed by atoms with van der Waals surface area (Å²) in [5, 5.41) is 3.70. The van der Waals surface area contributed by atoms with Gasteiger partial charge >= 0.3 is 12.1 Å². The molecule has 0 saturated carbocycles. The molecule has 4 rings (SSSR count). The van der Waals surface area contributed by atoms with Gasteiger partial charge in [-0.05, 0) is 55.2 Å². The van der Waals surface area contributed by atoms with Gasteiger partial charge in [-0.3, -0.25) is 19.4 Å². The number of rotatable bonds is 7. The van der Waals surface area contributed by atoms with Crippen molar-refractivity contribution in [1.29, 1.82) is 0 Å². The molecular formula is C32H35F3N4O6. The lowest BCUT2D eigenvalue weighted by Crippen LogP contribution is -2.58. The van der Waals surface area contributed by atoms with E-state index in [2.05, 4.69) is 15.1 Å². The summed E-state index contributed by atoms with van der Waals surface area (Å²) in [7, 11) is 0. The second kappa shape index (κ2) is 13.5. The molecule has 0 aliphatic carbocycles. The third kappa shape index (κ3) is 8.93. The molecule has 0 unspecified atom stereocenters. The predicted molar refractivity (Wildman–Crippen MR) is 158 cm³/mol. The Morgan fingerprint density at radius 1 is 1.02 bits per heavy atom. The molecule has 10 nitrogen and oxygen atoms in total. The molecule has 3 amide bonds. The fraction of sp³-hybridized carbons (Fsp3) is 0.406. The zero-order valence-corrected chi connectivity index (χ0v) is 25.4. The highest BCUT2D eigenvalue weighted by molar-refractivity contribution is 5.95. The maximum atomic E-state index is 13.2. The molecule has 0 spiro atoms. The molecule has 240 valence electrons. The van der Waals surface area contributed by atoms with Crippen LogP contribution in [0.1, 0.15) is 55.2 Å². The van der Waals surface area contributed by atoms with Gasteiger partial charge in [0.15, 0.2) is 0 Å². The van der Waals surface area contributed by atoms with Crippen LogP contribution in [-0.2, 0) is 25.8 Å². The van der Waals surface area contributed by atoms with E-state index in [-0.39, 0.29) is 49.4 Å². The minimum absolute atomic E-state index is 0.0200. The number of benzene rings is 2. The Kier molecular flexibility index (Phi) is 9.99. The number of fused-ring (bicyclic) bond motifs is 1. The maximum absolute atomic E-state index is 13.2. The van der Waals surface area contributed by atoms with Crippen LogP contribution in [0, 0.1) is 18.3 Å². The van der Waals surface area contributed by atoms with Crippen LogP contribution in [0.3, 0.4) is 0 Å². The molecule has 1 aliphatic rings. The Balaban J connectivity index is 1.44. The molecule has 45 heavy (non-hydrogen) atoms. The average molecular weight is 629 g/mol. The van der Waals surface area contributed by atoms with Crippen LogP contribution < -0.4 is 15.5 Å². The van der Waals surface area contributed by atoms with E-state index >= 15 is 0 Å². The molecule has 1 saturated heterocycles. The summed E-state index contributed by atoms with van der Waals surface area (Å²) >= 11 is 0. The van der Waals surface area contributed by atoms with Gasteiger partial charge in [-0.2, -0.15) is 18.7 Å². The van der Waals surface area contributed by atoms with Crippen molar-refractivity contribution in [3.63, 3.8) is 0 Å². The number of hydroxylamine groups is 1. The number of hydrogen-bond acceptors (Lipinski definition) is 7. The first-order chi connectivity index (χ1) is 21.1. The number of halogens is 3. The van der Waals surface area contributed by atoms with Gasteiger partial charge in [-0.15, -0.1) is 0 Å². The lowest BCUT2D eigenvalue weighted by Gasteiger charge is -2.39. The standard InChI is InChI=1S/C32H35F3N4O6/c1-19-15-21(23-7-5-6-8-25(23)36-19)18-44-22-11-9-20(10-12-22)28(41)37-26-17-39(27(40)16-31(2,3)4)14-13-24(26)29(42)38-45-30(43)32(33,34)35/h5-12,15,24,26H,13-14,16-18H2,1-4H3,(H,37,41)(H,38,42)/t24-,26+/m0/s1. The number of amides is 3. The number of nitrogens with one attached hydrogen (secondary N) is 2. The molecule has 0 radical (unpaired) electrons. The lowest BCUT2D eigenvalue weighted by molar-refractivity contribution is -0.208. The van der Waals surface area contributed by atoms with Gasteiger partial charge in [0, 0.05) is 41.7 Å². The van der Waals surface area contributed by atoms with Gasteiger partial charge in [-0.1, -0.05) is 39.0 Å². The summed E-state index contributed by atoms with van der Waals surface area (Å²) < 4.78 is 43.6. The molecule has 13 heteroatoms. The number of carbonyl (C=O) groups is 4. The quantitative estimate of drug-likeness (QED) is 0.365. The Hall–Kier alpha value is -4.68. The summed E-state index contributed by atoms with van der Waals surface area (Å²) in [6, 6.07) is 15.0. The van der Waals surface area contributed by atoms with Crippen molar-refractivity contribution < 1.29 is 41.9 Å². The number of aryl methyl sites for hydroxylation is 1. The number of pyridine rings is 1. The van der Waals surface area contributed by atoms with Gasteiger partial charge in [0.05, 0.1) is 17.5 Å². The number of alkyl halides is 3. The number of likely N-dealkylation sites (tertiary alicyclic amines) is 1. The number of carbonyl (C=O) groups excluding carboxylic acids is 4. The fourth-order valence-electron chi connectivity index (χ4n) is 5.06. The van der Waals surface area contributed by atoms with E-state index in [9.17, 15) is 32.3 Å². The summed E-state index contributed by atoms with van der Waals surface area (Å²) in [5.74, 6) is -4.94. The van der Waals surface area contributed by atoms with Crippen LogP contribution in [0.25, 0.3) is 10.9 Å². The number of nitrogens with zero attached hydrogens (tertiary/aromatic N) is 2. The molecule has 1 aliphatic heterocycles. The van der Waals surface area contributed by atoms with E-state index in [1.165, 1.54) is 17.0 Å². The van der Waals surface area contributed by atoms with Crippen molar-refractivity contribution in [2.24, 2.45) is 11.3 Å². The maximum Gasteiger partial charge on any atom is 0.493 e. The van der Waals surface area contributed by atoms with E-state index in [0.29, 0.717) is 5.75 Å². The van der Waals surface area contributed by atoms with Crippen LogP contribution in [0.4, 0.5) is 13.2 Å². The molecule has 3 aromatic rings. The van der Waals surface area contributed by atoms with E-state index < -0.39 is 35.9 Å². The molecule has 2 heterocycles. The average Bonchev–Trinajstić information content (AvgIpc) is 2.97. The van der Waals surface area contributed by atoms with Crippen molar-refractivity contribution in [3.05, 3.63) is 71.4 Å². The number of hydrogen-bond donors (Lipinski definition) is 2. The highest BCUT2D eigenvalue weighted by Crippen LogP contribution is 2.25. The first-order valence-corrected chi connectivity index (χ1v) is 14.4. The molecular weight excluding hydrogens is 593 g/mol. The minimum Gasteiger partial charge on any atom is -0.489 e. The van der Waals surface area contributed by atoms with Crippen LogP contribution >= 0.6 is 0 Å². The highest BCUT2D eigenvalue weighted by atomic mass is 19.4. The first-order valence-electron chi connectivity index (χ1n) is 14.4. The van der Waals surface area contributed by atoms with Crippen molar-refractivity contribution in [1.82, 2.24) is 20.7 Å². The van der Waals surface area contributed by atoms with Gasteiger partial charge in [0.1, 0.15) is 12.4 Å². The highest BCUT2D eigenvalue weighted by Gasteiger charge is 2.43. The molecule has 2 N–H and O–H groups in total. The van der Waals surface area contributed by atoms with Gasteiger partial charge in [-0.25, -0.2) is 4.79 Å². The largest absolute Gasteiger partial charge is 0.493 e. The molecule has 1 aromatic heterocycles. The summed E-state index contributed by atoms with van der Waals surface area (Å²) in [6.45, 7) is 7.93. The van der Waals surface area contributed by atoms with E-state index in [1.807, 2.05) is 58.0 Å². The van der Waals surface area contributed by atoms with Crippen LogP contribution in [-0.4, -0.2) is 58.9 Å². The van der Waals surface area contributed by atoms with Gasteiger partial charge < -0.3 is 19.8 Å². The topological polar surface area (TPSA) is 127 Å². The predicted octanol–water partition coefficient (Wildman–Crippen LogP) is 4.64. The van der Waals surface area contributed by atoms with Crippen molar-refractivity contribution in [2.45, 2.75) is 59.4 Å². The lowest BCUT2D eigenvalue weighted by atomic mass is 9.88. The minimum atomic E-state index is -5.30. The summed E-state index contributed by atoms with van der Waals surface area (Å²) in [5.41, 5.74) is 4.12. The van der Waals surface area contributed by atoms with Crippen molar-refractivity contribution in [3.8, 4) is 5.75 Å². The number of ether oxygens (including phenoxy) is 1. The molecule has 2 atom stereocenters. The number of para-hydroxylation sites is 1. The third-order valence-corrected chi connectivity index (χ3v) is 7.22. The van der Waals surface area contributed by atoms with E-state index in [4.69, 9.17) is 4.74 Å². The smallest absolute Gasteiger partial charge is 0.489 e. The number of aromatic nitrogens is 1. The zero-order chi connectivity index (χ0) is 32.9. The Bertz CT molecular complexity index is 1570. The second-order valence-electron chi connectivity index (χ2n) is 12.2. The summed E-state index contributed by atoms with van der Waals surface area (Å²) in [6.07, 6.45) is -5.07. The van der Waals surface area contributed by atoms with E-state index in [1.54, 1.807) is 17.6 Å². The molecule has 1 fully saturated rings. The molecule has 0 bridgehead atoms. The SMILES string of the molecule is Cc1cc(COc2ccc(C(=O)N[C@@H]3CN(C(=O)CC(C)(C)C)CC[C@@H]3C(=O)NOC(=O)C(F)(F)F)cc2)c2ccccc2n1. The Labute approximate surface area is 258 Å². The second-order valence-corrected chi connectivity index (χ2v) is 12.2. The van der Waals surface area contributed by atoms with Crippen LogP contribution in [0.5, 0.6) is 5.75 Å². The first kappa shape index (κ1) is 33.2.